The van der Waals surface area contributed by atoms with E-state index in [1.165, 1.54) is 5.56 Å². The van der Waals surface area contributed by atoms with Gasteiger partial charge in [-0.1, -0.05) is 71.7 Å². The van der Waals surface area contributed by atoms with E-state index in [-0.39, 0.29) is 0 Å². The first-order chi connectivity index (χ1) is 13.5. The highest BCUT2D eigenvalue weighted by molar-refractivity contribution is 7.99. The Morgan fingerprint density at radius 2 is 1.86 bits per heavy atom. The van der Waals surface area contributed by atoms with E-state index in [4.69, 9.17) is 27.9 Å². The third-order valence-corrected chi connectivity index (χ3v) is 7.03. The van der Waals surface area contributed by atoms with Gasteiger partial charge in [0.15, 0.2) is 0 Å². The summed E-state index contributed by atoms with van der Waals surface area (Å²) < 4.78 is 4.06. The molecular formula is C22H21Cl2NO2S. The Labute approximate surface area is 179 Å². The fourth-order valence-electron chi connectivity index (χ4n) is 3.83. The van der Waals surface area contributed by atoms with Crippen LogP contribution in [0.3, 0.4) is 0 Å². The van der Waals surface area contributed by atoms with Gasteiger partial charge in [0.1, 0.15) is 5.76 Å². The molecule has 0 radical (unpaired) electrons. The van der Waals surface area contributed by atoms with Gasteiger partial charge in [-0.15, -0.1) is 11.8 Å². The summed E-state index contributed by atoms with van der Waals surface area (Å²) in [5.74, 6) is 0.909. The van der Waals surface area contributed by atoms with Crippen LogP contribution in [0.15, 0.2) is 65.1 Å². The Morgan fingerprint density at radius 1 is 1.14 bits per heavy atom. The van der Waals surface area contributed by atoms with Gasteiger partial charge < -0.3 is 4.74 Å². The first kappa shape index (κ1) is 19.8. The summed E-state index contributed by atoms with van der Waals surface area (Å²) in [6.45, 7) is 0.731. The van der Waals surface area contributed by atoms with Gasteiger partial charge in [-0.2, -0.15) is 0 Å². The summed E-state index contributed by atoms with van der Waals surface area (Å²) in [4.78, 5) is 15.9. The summed E-state index contributed by atoms with van der Waals surface area (Å²) in [6.07, 6.45) is 1.62. The molecule has 0 amide bonds. The normalized spacial score (nSPS) is 21.0. The molecule has 2 heterocycles. The van der Waals surface area contributed by atoms with Crippen LogP contribution in [0.1, 0.15) is 17.5 Å². The van der Waals surface area contributed by atoms with E-state index in [2.05, 4.69) is 23.1 Å². The van der Waals surface area contributed by atoms with Crippen molar-refractivity contribution in [3.8, 4) is 0 Å². The Kier molecular flexibility index (Phi) is 5.75. The highest BCUT2D eigenvalue weighted by Gasteiger charge is 2.53. The van der Waals surface area contributed by atoms with Crippen LogP contribution in [0.5, 0.6) is 0 Å². The van der Waals surface area contributed by atoms with Crippen LogP contribution in [0.25, 0.3) is 5.76 Å². The second-order valence-electron chi connectivity index (χ2n) is 7.08. The minimum Gasteiger partial charge on any atom is -0.424 e. The summed E-state index contributed by atoms with van der Waals surface area (Å²) in [5, 5.41) is 0. The van der Waals surface area contributed by atoms with E-state index in [1.54, 1.807) is 11.8 Å². The lowest BCUT2D eigenvalue weighted by Gasteiger charge is -2.40. The number of esters is 1. The molecule has 0 fully saturated rings. The van der Waals surface area contributed by atoms with E-state index in [1.807, 2.05) is 43.4 Å². The van der Waals surface area contributed by atoms with Gasteiger partial charge in [0, 0.05) is 22.8 Å². The van der Waals surface area contributed by atoms with Crippen LogP contribution in [0.4, 0.5) is 0 Å². The number of carbonyl (C=O) groups excluding carboxylic acids is 1. The maximum Gasteiger partial charge on any atom is 0.350 e. The molecule has 0 aliphatic carbocycles. The highest BCUT2D eigenvalue weighted by atomic mass is 35.5. The molecule has 2 aliphatic heterocycles. The second-order valence-corrected chi connectivity index (χ2v) is 9.60. The molecule has 0 N–H and O–H groups in total. The average Bonchev–Trinajstić information content (AvgIpc) is 2.87. The van der Waals surface area contributed by atoms with Crippen molar-refractivity contribution in [1.29, 1.82) is 0 Å². The molecule has 1 atom stereocenters. The molecule has 0 spiro atoms. The first-order valence-corrected chi connectivity index (χ1v) is 11.0. The molecule has 146 valence electrons. The Bertz CT molecular complexity index is 914. The first-order valence-electron chi connectivity index (χ1n) is 9.28. The molecule has 4 rings (SSSR count). The van der Waals surface area contributed by atoms with Crippen molar-refractivity contribution < 1.29 is 9.53 Å². The SMILES string of the molecule is CN(CCc1ccccc1)C1C2=C(OC(=O)C1(Cl)Cl)c1ccccc1SCC2. The van der Waals surface area contributed by atoms with E-state index < -0.39 is 16.3 Å². The summed E-state index contributed by atoms with van der Waals surface area (Å²) >= 11 is 14.9. The largest absolute Gasteiger partial charge is 0.424 e. The van der Waals surface area contributed by atoms with Gasteiger partial charge in [0.05, 0.1) is 6.04 Å². The van der Waals surface area contributed by atoms with Crippen molar-refractivity contribution in [2.24, 2.45) is 0 Å². The van der Waals surface area contributed by atoms with E-state index in [9.17, 15) is 4.79 Å². The molecule has 0 aromatic heterocycles. The summed E-state index contributed by atoms with van der Waals surface area (Å²) in [6, 6.07) is 17.8. The van der Waals surface area contributed by atoms with Crippen LogP contribution < -0.4 is 0 Å². The number of hydrogen-bond donors (Lipinski definition) is 0. The molecule has 28 heavy (non-hydrogen) atoms. The molecule has 3 nitrogen and oxygen atoms in total. The number of benzene rings is 2. The van der Waals surface area contributed by atoms with Crippen molar-refractivity contribution in [3.05, 3.63) is 71.3 Å². The fraction of sp³-hybridized carbons (Fsp3) is 0.318. The summed E-state index contributed by atoms with van der Waals surface area (Å²) in [5.41, 5.74) is 3.18. The Balaban J connectivity index is 1.70. The lowest BCUT2D eigenvalue weighted by atomic mass is 9.92. The van der Waals surface area contributed by atoms with Crippen LogP contribution >= 0.6 is 35.0 Å². The molecule has 1 unspecified atom stereocenters. The van der Waals surface area contributed by atoms with Crippen molar-refractivity contribution in [2.75, 3.05) is 19.3 Å². The van der Waals surface area contributed by atoms with Crippen molar-refractivity contribution in [3.63, 3.8) is 0 Å². The van der Waals surface area contributed by atoms with Gasteiger partial charge in [-0.3, -0.25) is 4.90 Å². The molecule has 0 saturated carbocycles. The smallest absolute Gasteiger partial charge is 0.350 e. The predicted octanol–water partition coefficient (Wildman–Crippen LogP) is 5.17. The predicted molar refractivity (Wildman–Crippen MR) is 116 cm³/mol. The maximum atomic E-state index is 12.7. The van der Waals surface area contributed by atoms with Crippen molar-refractivity contribution in [1.82, 2.24) is 4.90 Å². The van der Waals surface area contributed by atoms with Crippen LogP contribution in [0.2, 0.25) is 0 Å². The molecule has 2 aliphatic rings. The zero-order valence-electron chi connectivity index (χ0n) is 15.5. The maximum absolute atomic E-state index is 12.7. The lowest BCUT2D eigenvalue weighted by Crippen LogP contribution is -2.54. The Hall–Kier alpha value is -1.46. The lowest BCUT2D eigenvalue weighted by molar-refractivity contribution is -0.139. The third kappa shape index (κ3) is 3.71. The second kappa shape index (κ2) is 8.11. The zero-order valence-corrected chi connectivity index (χ0v) is 17.9. The van der Waals surface area contributed by atoms with Gasteiger partial charge in [-0.25, -0.2) is 4.79 Å². The molecule has 2 aromatic carbocycles. The van der Waals surface area contributed by atoms with Gasteiger partial charge in [0.25, 0.3) is 0 Å². The number of thioether (sulfide) groups is 1. The average molecular weight is 434 g/mol. The minimum atomic E-state index is -1.63. The number of fused-ring (bicyclic) bond motifs is 2. The zero-order chi connectivity index (χ0) is 19.7. The van der Waals surface area contributed by atoms with Gasteiger partial charge in [0.2, 0.25) is 4.33 Å². The van der Waals surface area contributed by atoms with E-state index >= 15 is 0 Å². The molecule has 0 saturated heterocycles. The molecule has 6 heteroatoms. The monoisotopic (exact) mass is 433 g/mol. The molecular weight excluding hydrogens is 413 g/mol. The number of likely N-dealkylation sites (N-methyl/N-ethyl adjacent to an activating group) is 1. The van der Waals surface area contributed by atoms with Crippen molar-refractivity contribution >= 4 is 46.7 Å². The van der Waals surface area contributed by atoms with Crippen molar-refractivity contribution in [2.45, 2.75) is 28.1 Å². The van der Waals surface area contributed by atoms with Gasteiger partial charge >= 0.3 is 5.97 Å². The standard InChI is InChI=1S/C22H21Cl2NO2S/c1-25(13-11-15-7-3-2-4-8-15)20-17-12-14-28-18-10-6-5-9-16(18)19(17)27-21(26)22(20,23)24/h2-10,20H,11-14H2,1H3. The van der Waals surface area contributed by atoms with E-state index in [0.29, 0.717) is 5.76 Å². The van der Waals surface area contributed by atoms with Crippen LogP contribution in [-0.2, 0) is 16.0 Å². The third-order valence-electron chi connectivity index (χ3n) is 5.23. The molecule has 2 aromatic rings. The number of carbonyl (C=O) groups is 1. The molecule has 0 bridgehead atoms. The minimum absolute atomic E-state index is 0.428. The number of halogens is 2. The number of rotatable bonds is 4. The quantitative estimate of drug-likeness (QED) is 0.491. The Morgan fingerprint density at radius 3 is 2.64 bits per heavy atom. The fourth-order valence-corrected chi connectivity index (χ4v) is 5.54. The van der Waals surface area contributed by atoms with E-state index in [0.717, 1.165) is 41.2 Å². The summed E-state index contributed by atoms with van der Waals surface area (Å²) in [7, 11) is 1.97. The number of hydrogen-bond acceptors (Lipinski definition) is 4. The highest BCUT2D eigenvalue weighted by Crippen LogP contribution is 2.47. The van der Waals surface area contributed by atoms with Gasteiger partial charge in [-0.05, 0) is 37.1 Å². The van der Waals surface area contributed by atoms with Crippen LogP contribution in [-0.4, -0.2) is 40.6 Å². The number of nitrogens with zero attached hydrogens (tertiary/aromatic N) is 1. The number of alkyl halides is 2. The number of ether oxygens (including phenoxy) is 1. The van der Waals surface area contributed by atoms with Crippen LogP contribution in [0, 0.1) is 0 Å². The topological polar surface area (TPSA) is 29.5 Å².